The van der Waals surface area contributed by atoms with E-state index in [0.717, 1.165) is 5.92 Å². The third-order valence-corrected chi connectivity index (χ3v) is 9.16. The minimum atomic E-state index is 0.877. The predicted molar refractivity (Wildman–Crippen MR) is 186 cm³/mol. The second-order valence-electron chi connectivity index (χ2n) is 13.9. The first-order chi connectivity index (χ1) is 19.7. The summed E-state index contributed by atoms with van der Waals surface area (Å²) in [5.41, 5.74) is 0. The fourth-order valence-corrected chi connectivity index (χ4v) is 6.28. The van der Waals surface area contributed by atoms with Crippen LogP contribution >= 0.6 is 0 Å². The molecule has 0 N–H and O–H groups in total. The molecule has 0 bridgehead atoms. The Morgan fingerprint density at radius 3 is 0.775 bits per heavy atom. The van der Waals surface area contributed by atoms with Gasteiger partial charge in [-0.25, -0.2) is 0 Å². The molecule has 0 saturated heterocycles. The Morgan fingerprint density at radius 2 is 0.525 bits per heavy atom. The van der Waals surface area contributed by atoms with Gasteiger partial charge >= 0.3 is 0 Å². The van der Waals surface area contributed by atoms with Gasteiger partial charge in [0.2, 0.25) is 0 Å². The smallest absolute Gasteiger partial charge is 0.00187 e. The second kappa shape index (κ2) is 35.2. The lowest BCUT2D eigenvalue weighted by Crippen LogP contribution is -2.27. The Morgan fingerprint density at radius 1 is 0.300 bits per heavy atom. The summed E-state index contributed by atoms with van der Waals surface area (Å²) in [4.78, 5) is 2.85. The largest absolute Gasteiger partial charge is 0.303 e. The predicted octanol–water partition coefficient (Wildman–Crippen LogP) is 14.1. The molecule has 0 aromatic carbocycles. The quantitative estimate of drug-likeness (QED) is 0.0693. The molecule has 0 aromatic rings. The topological polar surface area (TPSA) is 3.24 Å². The summed E-state index contributed by atoms with van der Waals surface area (Å²) in [6.07, 6.45) is 45.2. The molecule has 0 unspecified atom stereocenters. The van der Waals surface area contributed by atoms with Gasteiger partial charge in [0, 0.05) is 0 Å². The highest BCUT2D eigenvalue weighted by molar-refractivity contribution is 4.61. The molecule has 0 heterocycles. The summed E-state index contributed by atoms with van der Waals surface area (Å²) in [5, 5.41) is 0. The average Bonchev–Trinajstić information content (AvgIpc) is 2.95. The third-order valence-electron chi connectivity index (χ3n) is 9.16. The van der Waals surface area contributed by atoms with Gasteiger partial charge in [0.25, 0.3) is 0 Å². The molecule has 0 radical (unpaired) electrons. The zero-order chi connectivity index (χ0) is 29.2. The molecule has 1 nitrogen and oxygen atoms in total. The van der Waals surface area contributed by atoms with Gasteiger partial charge in [0.1, 0.15) is 0 Å². The molecular formula is C39H81N. The Bertz CT molecular complexity index is 401. The molecule has 242 valence electrons. The molecule has 0 amide bonds. The number of nitrogens with zero attached hydrogens (tertiary/aromatic N) is 1. The van der Waals surface area contributed by atoms with Crippen molar-refractivity contribution in [2.45, 2.75) is 227 Å². The van der Waals surface area contributed by atoms with Gasteiger partial charge in [0.05, 0.1) is 0 Å². The van der Waals surface area contributed by atoms with E-state index in [-0.39, 0.29) is 0 Å². The van der Waals surface area contributed by atoms with Crippen molar-refractivity contribution in [3.05, 3.63) is 0 Å². The SMILES string of the molecule is CCCCCCCCCCCCCCCN(CCCCCCCCCCCCCCC)CCCCCCC(C)C. The zero-order valence-electron chi connectivity index (χ0n) is 29.1. The van der Waals surface area contributed by atoms with Gasteiger partial charge in [-0.3, -0.25) is 0 Å². The van der Waals surface area contributed by atoms with Crippen LogP contribution in [-0.2, 0) is 0 Å². The summed E-state index contributed by atoms with van der Waals surface area (Å²) in [6.45, 7) is 13.4. The summed E-state index contributed by atoms with van der Waals surface area (Å²) >= 11 is 0. The molecule has 40 heavy (non-hydrogen) atoms. The molecule has 0 saturated carbocycles. The van der Waals surface area contributed by atoms with E-state index in [1.165, 1.54) is 219 Å². The first-order valence-electron chi connectivity index (χ1n) is 19.4. The molecule has 0 aliphatic carbocycles. The van der Waals surface area contributed by atoms with Crippen molar-refractivity contribution in [2.75, 3.05) is 19.6 Å². The minimum Gasteiger partial charge on any atom is -0.303 e. The lowest BCUT2D eigenvalue weighted by Gasteiger charge is -2.22. The van der Waals surface area contributed by atoms with E-state index < -0.39 is 0 Å². The van der Waals surface area contributed by atoms with Crippen LogP contribution in [0.5, 0.6) is 0 Å². The molecule has 0 fully saturated rings. The number of rotatable bonds is 35. The van der Waals surface area contributed by atoms with Crippen LogP contribution in [0.1, 0.15) is 227 Å². The van der Waals surface area contributed by atoms with Gasteiger partial charge in [-0.2, -0.15) is 0 Å². The van der Waals surface area contributed by atoms with Crippen molar-refractivity contribution < 1.29 is 0 Å². The Hall–Kier alpha value is -0.0400. The Kier molecular flexibility index (Phi) is 35.1. The lowest BCUT2D eigenvalue weighted by molar-refractivity contribution is 0.253. The van der Waals surface area contributed by atoms with Crippen molar-refractivity contribution in [1.82, 2.24) is 4.90 Å². The molecule has 0 aliphatic rings. The first-order valence-corrected chi connectivity index (χ1v) is 19.4. The molecule has 0 rings (SSSR count). The van der Waals surface area contributed by atoms with Crippen molar-refractivity contribution in [3.8, 4) is 0 Å². The van der Waals surface area contributed by atoms with Gasteiger partial charge in [-0.15, -0.1) is 0 Å². The van der Waals surface area contributed by atoms with E-state index in [2.05, 4.69) is 32.6 Å². The van der Waals surface area contributed by atoms with E-state index in [1.807, 2.05) is 0 Å². The van der Waals surface area contributed by atoms with Gasteiger partial charge in [-0.1, -0.05) is 207 Å². The van der Waals surface area contributed by atoms with Crippen LogP contribution in [0.4, 0.5) is 0 Å². The summed E-state index contributed by atoms with van der Waals surface area (Å²) in [5.74, 6) is 0.877. The fraction of sp³-hybridized carbons (Fsp3) is 1.00. The van der Waals surface area contributed by atoms with Crippen LogP contribution in [0.25, 0.3) is 0 Å². The minimum absolute atomic E-state index is 0.877. The molecular weight excluding hydrogens is 482 g/mol. The van der Waals surface area contributed by atoms with Crippen LogP contribution in [-0.4, -0.2) is 24.5 Å². The van der Waals surface area contributed by atoms with E-state index >= 15 is 0 Å². The Labute approximate surface area is 256 Å². The van der Waals surface area contributed by atoms with Crippen LogP contribution in [0.2, 0.25) is 0 Å². The maximum Gasteiger partial charge on any atom is -0.00187 e. The van der Waals surface area contributed by atoms with E-state index in [9.17, 15) is 0 Å². The zero-order valence-corrected chi connectivity index (χ0v) is 29.1. The summed E-state index contributed by atoms with van der Waals surface area (Å²) < 4.78 is 0. The second-order valence-corrected chi connectivity index (χ2v) is 13.9. The molecule has 0 aromatic heterocycles. The highest BCUT2D eigenvalue weighted by Crippen LogP contribution is 2.15. The lowest BCUT2D eigenvalue weighted by atomic mass is 10.0. The standard InChI is InChI=1S/C39H81N/c1-5-7-9-11-13-15-17-19-21-23-25-28-32-36-40(38-34-30-27-31-35-39(3)4)37-33-29-26-24-22-20-18-16-14-12-10-8-6-2/h39H,5-38H2,1-4H3. The number of hydrogen-bond donors (Lipinski definition) is 0. The number of hydrogen-bond acceptors (Lipinski definition) is 1. The average molecular weight is 564 g/mol. The van der Waals surface area contributed by atoms with Crippen molar-refractivity contribution >= 4 is 0 Å². The van der Waals surface area contributed by atoms with E-state index in [0.29, 0.717) is 0 Å². The van der Waals surface area contributed by atoms with Crippen LogP contribution in [0.3, 0.4) is 0 Å². The molecule has 0 spiro atoms. The molecule has 1 heteroatoms. The van der Waals surface area contributed by atoms with Crippen LogP contribution < -0.4 is 0 Å². The van der Waals surface area contributed by atoms with Gasteiger partial charge in [0.15, 0.2) is 0 Å². The maximum atomic E-state index is 2.85. The highest BCUT2D eigenvalue weighted by atomic mass is 15.1. The van der Waals surface area contributed by atoms with E-state index in [4.69, 9.17) is 0 Å². The third kappa shape index (κ3) is 34.2. The summed E-state index contributed by atoms with van der Waals surface area (Å²) in [6, 6.07) is 0. The molecule has 0 atom stereocenters. The van der Waals surface area contributed by atoms with Gasteiger partial charge in [-0.05, 0) is 44.8 Å². The van der Waals surface area contributed by atoms with Crippen LogP contribution in [0, 0.1) is 5.92 Å². The van der Waals surface area contributed by atoms with Crippen molar-refractivity contribution in [3.63, 3.8) is 0 Å². The van der Waals surface area contributed by atoms with Gasteiger partial charge < -0.3 is 4.90 Å². The summed E-state index contributed by atoms with van der Waals surface area (Å²) in [7, 11) is 0. The normalized spacial score (nSPS) is 11.8. The fourth-order valence-electron chi connectivity index (χ4n) is 6.28. The Balaban J connectivity index is 3.81. The maximum absolute atomic E-state index is 2.85. The van der Waals surface area contributed by atoms with Crippen molar-refractivity contribution in [2.24, 2.45) is 5.92 Å². The van der Waals surface area contributed by atoms with E-state index in [1.54, 1.807) is 0 Å². The van der Waals surface area contributed by atoms with Crippen molar-refractivity contribution in [1.29, 1.82) is 0 Å². The van der Waals surface area contributed by atoms with Crippen LogP contribution in [0.15, 0.2) is 0 Å². The molecule has 0 aliphatic heterocycles. The number of unbranched alkanes of at least 4 members (excludes halogenated alkanes) is 27. The first kappa shape index (κ1) is 40.0. The monoisotopic (exact) mass is 564 g/mol. The highest BCUT2D eigenvalue weighted by Gasteiger charge is 2.05.